The number of ether oxygens (including phenoxy) is 1. The van der Waals surface area contributed by atoms with E-state index in [1.807, 2.05) is 6.92 Å². The molecule has 4 rings (SSSR count). The van der Waals surface area contributed by atoms with Gasteiger partial charge < -0.3 is 19.9 Å². The van der Waals surface area contributed by atoms with Crippen LogP contribution in [-0.4, -0.2) is 60.8 Å². The summed E-state index contributed by atoms with van der Waals surface area (Å²) in [5.74, 6) is -0.546. The van der Waals surface area contributed by atoms with Crippen LogP contribution in [0.2, 0.25) is 0 Å². The molecule has 176 valence electrons. The van der Waals surface area contributed by atoms with E-state index in [4.69, 9.17) is 4.74 Å². The lowest BCUT2D eigenvalue weighted by Gasteiger charge is -2.34. The minimum Gasteiger partial charge on any atom is -0.497 e. The van der Waals surface area contributed by atoms with Gasteiger partial charge in [0.2, 0.25) is 0 Å². The van der Waals surface area contributed by atoms with Crippen LogP contribution in [0.5, 0.6) is 5.75 Å². The van der Waals surface area contributed by atoms with Crippen molar-refractivity contribution in [2.45, 2.75) is 6.92 Å². The first-order chi connectivity index (χ1) is 16.4. The van der Waals surface area contributed by atoms with Gasteiger partial charge in [-0.1, -0.05) is 12.1 Å². The van der Waals surface area contributed by atoms with E-state index in [9.17, 15) is 18.8 Å². The number of nitrogens with one attached hydrogen (secondary N) is 1. The molecule has 0 spiro atoms. The van der Waals surface area contributed by atoms with Gasteiger partial charge in [0.25, 0.3) is 17.7 Å². The van der Waals surface area contributed by atoms with Gasteiger partial charge in [0, 0.05) is 37.3 Å². The number of halogens is 1. The Morgan fingerprint density at radius 1 is 0.912 bits per heavy atom. The Bertz CT molecular complexity index is 1230. The van der Waals surface area contributed by atoms with Crippen LogP contribution in [0.3, 0.4) is 0 Å². The van der Waals surface area contributed by atoms with Crippen LogP contribution < -0.4 is 10.1 Å². The first kappa shape index (κ1) is 23.4. The molecule has 1 N–H and O–H groups in total. The number of nitrogens with zero attached hydrogens (tertiary/aromatic N) is 2. The highest BCUT2D eigenvalue weighted by atomic mass is 32.1. The maximum Gasteiger partial charge on any atom is 0.264 e. The molecular formula is C25H24FN3O4S. The molecule has 3 amide bonds. The molecule has 0 radical (unpaired) electrons. The smallest absolute Gasteiger partial charge is 0.264 e. The van der Waals surface area contributed by atoms with Crippen LogP contribution in [-0.2, 0) is 0 Å². The summed E-state index contributed by atoms with van der Waals surface area (Å²) in [4.78, 5) is 42.3. The monoisotopic (exact) mass is 481 g/mol. The number of thiophene rings is 1. The highest BCUT2D eigenvalue weighted by molar-refractivity contribution is 7.18. The van der Waals surface area contributed by atoms with E-state index in [1.165, 1.54) is 29.5 Å². The SMILES string of the molecule is COc1cccc(C(=O)N2CCN(C(=O)c3sc(NC(=O)c4cccc(F)c4)cc3C)CC2)c1. The molecule has 34 heavy (non-hydrogen) atoms. The van der Waals surface area contributed by atoms with Gasteiger partial charge >= 0.3 is 0 Å². The zero-order valence-electron chi connectivity index (χ0n) is 18.8. The molecule has 0 saturated carbocycles. The lowest BCUT2D eigenvalue weighted by molar-refractivity contribution is 0.0537. The zero-order chi connectivity index (χ0) is 24.2. The Morgan fingerprint density at radius 3 is 2.24 bits per heavy atom. The maximum absolute atomic E-state index is 13.4. The summed E-state index contributed by atoms with van der Waals surface area (Å²) < 4.78 is 18.6. The number of amides is 3. The van der Waals surface area contributed by atoms with Gasteiger partial charge in [0.1, 0.15) is 11.6 Å². The standard InChI is InChI=1S/C25H24FN3O4S/c1-16-13-21(27-23(30)17-5-3-7-19(26)14-17)34-22(16)25(32)29-11-9-28(10-12-29)24(31)18-6-4-8-20(15-18)33-2/h3-8,13-15H,9-12H2,1-2H3,(H,27,30). The summed E-state index contributed by atoms with van der Waals surface area (Å²) in [6.07, 6.45) is 0. The maximum atomic E-state index is 13.4. The first-order valence-corrected chi connectivity index (χ1v) is 11.6. The molecule has 2 aromatic carbocycles. The Balaban J connectivity index is 1.38. The van der Waals surface area contributed by atoms with Crippen molar-refractivity contribution in [1.29, 1.82) is 0 Å². The molecule has 1 aliphatic heterocycles. The van der Waals surface area contributed by atoms with E-state index in [2.05, 4.69) is 5.32 Å². The van der Waals surface area contributed by atoms with Crippen LogP contribution in [0.1, 0.15) is 36.0 Å². The van der Waals surface area contributed by atoms with Gasteiger partial charge in [-0.15, -0.1) is 11.3 Å². The Kier molecular flexibility index (Phi) is 6.93. The van der Waals surface area contributed by atoms with E-state index in [-0.39, 0.29) is 17.4 Å². The van der Waals surface area contributed by atoms with Gasteiger partial charge in [-0.2, -0.15) is 0 Å². The molecule has 0 bridgehead atoms. The van der Waals surface area contributed by atoms with Crippen LogP contribution in [0.4, 0.5) is 9.39 Å². The van der Waals surface area contributed by atoms with E-state index in [0.29, 0.717) is 47.4 Å². The van der Waals surface area contributed by atoms with Crippen LogP contribution in [0, 0.1) is 12.7 Å². The van der Waals surface area contributed by atoms with E-state index >= 15 is 0 Å². The van der Waals surface area contributed by atoms with Crippen LogP contribution in [0.25, 0.3) is 0 Å². The molecule has 7 nitrogen and oxygen atoms in total. The second kappa shape index (κ2) is 10.0. The zero-order valence-corrected chi connectivity index (χ0v) is 19.7. The number of hydrogen-bond donors (Lipinski definition) is 1. The Morgan fingerprint density at radius 2 is 1.56 bits per heavy atom. The fourth-order valence-electron chi connectivity index (χ4n) is 3.76. The molecule has 2 heterocycles. The van der Waals surface area contributed by atoms with E-state index in [1.54, 1.807) is 47.2 Å². The number of aryl methyl sites for hydroxylation is 1. The quantitative estimate of drug-likeness (QED) is 0.596. The summed E-state index contributed by atoms with van der Waals surface area (Å²) in [6, 6.07) is 14.2. The number of carbonyl (C=O) groups is 3. The van der Waals surface area contributed by atoms with Gasteiger partial charge in [-0.05, 0) is 55.0 Å². The Labute approximate surface area is 200 Å². The number of carbonyl (C=O) groups excluding carboxylic acids is 3. The summed E-state index contributed by atoms with van der Waals surface area (Å²) in [7, 11) is 1.55. The molecule has 0 atom stereocenters. The lowest BCUT2D eigenvalue weighted by atomic mass is 10.1. The topological polar surface area (TPSA) is 79.0 Å². The Hall–Kier alpha value is -3.72. The molecule has 1 fully saturated rings. The number of piperazine rings is 1. The largest absolute Gasteiger partial charge is 0.497 e. The number of hydrogen-bond acceptors (Lipinski definition) is 5. The number of rotatable bonds is 5. The fraction of sp³-hybridized carbons (Fsp3) is 0.240. The minimum absolute atomic E-state index is 0.0966. The average Bonchev–Trinajstić information content (AvgIpc) is 3.22. The summed E-state index contributed by atoms with van der Waals surface area (Å²) in [6.45, 7) is 3.49. The fourth-order valence-corrected chi connectivity index (χ4v) is 4.80. The molecule has 0 unspecified atom stereocenters. The van der Waals surface area contributed by atoms with Gasteiger partial charge in [-0.3, -0.25) is 14.4 Å². The number of anilines is 1. The lowest BCUT2D eigenvalue weighted by Crippen LogP contribution is -2.50. The molecule has 9 heteroatoms. The number of methoxy groups -OCH3 is 1. The highest BCUT2D eigenvalue weighted by Gasteiger charge is 2.27. The van der Waals surface area contributed by atoms with Gasteiger partial charge in [-0.25, -0.2) is 4.39 Å². The minimum atomic E-state index is -0.491. The molecule has 3 aromatic rings. The normalized spacial score (nSPS) is 13.5. The van der Waals surface area contributed by atoms with E-state index in [0.717, 1.165) is 11.6 Å². The van der Waals surface area contributed by atoms with Crippen molar-refractivity contribution in [3.05, 3.63) is 82.0 Å². The van der Waals surface area contributed by atoms with Crippen molar-refractivity contribution in [3.8, 4) is 5.75 Å². The van der Waals surface area contributed by atoms with E-state index < -0.39 is 11.7 Å². The van der Waals surface area contributed by atoms with Crippen molar-refractivity contribution in [2.75, 3.05) is 38.6 Å². The molecule has 1 saturated heterocycles. The number of benzene rings is 2. The third kappa shape index (κ3) is 5.09. The summed E-state index contributed by atoms with van der Waals surface area (Å²) in [5, 5.41) is 3.25. The predicted molar refractivity (Wildman–Crippen MR) is 128 cm³/mol. The molecule has 1 aliphatic rings. The van der Waals surface area contributed by atoms with Gasteiger partial charge in [0.15, 0.2) is 0 Å². The third-order valence-electron chi connectivity index (χ3n) is 5.61. The van der Waals surface area contributed by atoms with Gasteiger partial charge in [0.05, 0.1) is 17.0 Å². The van der Waals surface area contributed by atoms with Crippen LogP contribution in [0.15, 0.2) is 54.6 Å². The van der Waals surface area contributed by atoms with Crippen molar-refractivity contribution in [2.24, 2.45) is 0 Å². The second-order valence-corrected chi connectivity index (χ2v) is 8.96. The van der Waals surface area contributed by atoms with Crippen molar-refractivity contribution in [3.63, 3.8) is 0 Å². The summed E-state index contributed by atoms with van der Waals surface area (Å²) in [5.41, 5.74) is 1.50. The summed E-state index contributed by atoms with van der Waals surface area (Å²) >= 11 is 1.19. The average molecular weight is 482 g/mol. The van der Waals surface area contributed by atoms with Crippen molar-refractivity contribution < 1.29 is 23.5 Å². The highest BCUT2D eigenvalue weighted by Crippen LogP contribution is 2.29. The molecule has 0 aliphatic carbocycles. The predicted octanol–water partition coefficient (Wildman–Crippen LogP) is 4.05. The first-order valence-electron chi connectivity index (χ1n) is 10.8. The third-order valence-corrected chi connectivity index (χ3v) is 6.75. The van der Waals surface area contributed by atoms with Crippen molar-refractivity contribution >= 4 is 34.1 Å². The van der Waals surface area contributed by atoms with Crippen LogP contribution >= 0.6 is 11.3 Å². The molecule has 1 aromatic heterocycles. The van der Waals surface area contributed by atoms with Crippen molar-refractivity contribution in [1.82, 2.24) is 9.80 Å². The second-order valence-electron chi connectivity index (χ2n) is 7.90. The molecular weight excluding hydrogens is 457 g/mol.